The Morgan fingerprint density at radius 3 is 3.06 bits per heavy atom. The van der Waals surface area contributed by atoms with Crippen molar-refractivity contribution in [3.8, 4) is 0 Å². The fourth-order valence-electron chi connectivity index (χ4n) is 2.30. The van der Waals surface area contributed by atoms with Crippen LogP contribution in [0.2, 0.25) is 0 Å². The van der Waals surface area contributed by atoms with E-state index in [-0.39, 0.29) is 6.04 Å². The largest absolute Gasteiger partial charge is 0.378 e. The summed E-state index contributed by atoms with van der Waals surface area (Å²) < 4.78 is 7.50. The van der Waals surface area contributed by atoms with Crippen molar-refractivity contribution in [3.63, 3.8) is 0 Å². The molecule has 1 fully saturated rings. The summed E-state index contributed by atoms with van der Waals surface area (Å²) in [5.41, 5.74) is 4.03. The normalized spacial score (nSPS) is 27.2. The van der Waals surface area contributed by atoms with Crippen LogP contribution >= 0.6 is 0 Å². The van der Waals surface area contributed by atoms with Gasteiger partial charge >= 0.3 is 0 Å². The molecule has 0 radical (unpaired) electrons. The highest BCUT2D eigenvalue weighted by Crippen LogP contribution is 2.30. The molecule has 16 heavy (non-hydrogen) atoms. The molecule has 3 atom stereocenters. The van der Waals surface area contributed by atoms with Gasteiger partial charge in [-0.2, -0.15) is 5.10 Å². The molecule has 5 nitrogen and oxygen atoms in total. The van der Waals surface area contributed by atoms with Gasteiger partial charge in [-0.25, -0.2) is 0 Å². The molecule has 0 aliphatic carbocycles. The van der Waals surface area contributed by atoms with E-state index in [1.165, 1.54) is 0 Å². The number of ether oxygens (including phenoxy) is 1. The van der Waals surface area contributed by atoms with E-state index in [4.69, 9.17) is 10.6 Å². The van der Waals surface area contributed by atoms with Crippen LogP contribution in [0.1, 0.15) is 31.9 Å². The molecular formula is C11H20N4O. The number of hydrazine groups is 1. The summed E-state index contributed by atoms with van der Waals surface area (Å²) in [7, 11) is 0. The molecule has 90 valence electrons. The zero-order valence-corrected chi connectivity index (χ0v) is 9.89. The van der Waals surface area contributed by atoms with Gasteiger partial charge in [-0.15, -0.1) is 0 Å². The van der Waals surface area contributed by atoms with Gasteiger partial charge < -0.3 is 4.74 Å². The third-order valence-electron chi connectivity index (χ3n) is 3.22. The fraction of sp³-hybridized carbons (Fsp3) is 0.727. The minimum Gasteiger partial charge on any atom is -0.378 e. The van der Waals surface area contributed by atoms with E-state index in [0.29, 0.717) is 12.0 Å². The lowest BCUT2D eigenvalue weighted by molar-refractivity contribution is 0.117. The van der Waals surface area contributed by atoms with Crippen molar-refractivity contribution in [2.45, 2.75) is 39.0 Å². The number of nitrogens with zero attached hydrogens (tertiary/aromatic N) is 2. The average molecular weight is 224 g/mol. The molecule has 3 unspecified atom stereocenters. The van der Waals surface area contributed by atoms with Crippen LogP contribution in [-0.4, -0.2) is 22.5 Å². The minimum absolute atomic E-state index is 0.144. The second kappa shape index (κ2) is 4.95. The summed E-state index contributed by atoms with van der Waals surface area (Å²) in [6, 6.07) is 0.144. The molecule has 1 aliphatic heterocycles. The first-order valence-corrected chi connectivity index (χ1v) is 5.84. The predicted octanol–water partition coefficient (Wildman–Crippen LogP) is 0.832. The number of hydrogen-bond acceptors (Lipinski definition) is 4. The Hall–Kier alpha value is -0.910. The number of aromatic nitrogens is 2. The lowest BCUT2D eigenvalue weighted by atomic mass is 9.93. The van der Waals surface area contributed by atoms with Crippen LogP contribution < -0.4 is 11.3 Å². The van der Waals surface area contributed by atoms with E-state index in [9.17, 15) is 0 Å². The average Bonchev–Trinajstić information content (AvgIpc) is 2.89. The van der Waals surface area contributed by atoms with Crippen molar-refractivity contribution in [1.29, 1.82) is 0 Å². The lowest BCUT2D eigenvalue weighted by Crippen LogP contribution is -2.33. The molecule has 0 saturated carbocycles. The molecule has 1 saturated heterocycles. The quantitative estimate of drug-likeness (QED) is 0.587. The number of aryl methyl sites for hydroxylation is 1. The molecule has 1 aromatic heterocycles. The summed E-state index contributed by atoms with van der Waals surface area (Å²) in [5.74, 6) is 6.08. The first kappa shape index (κ1) is 11.6. The third-order valence-corrected chi connectivity index (χ3v) is 3.22. The summed E-state index contributed by atoms with van der Waals surface area (Å²) >= 11 is 0. The first-order chi connectivity index (χ1) is 7.74. The molecule has 3 N–H and O–H groups in total. The zero-order chi connectivity index (χ0) is 11.5. The number of hydrogen-bond donors (Lipinski definition) is 2. The van der Waals surface area contributed by atoms with Crippen molar-refractivity contribution < 1.29 is 4.74 Å². The predicted molar refractivity (Wildman–Crippen MR) is 61.5 cm³/mol. The van der Waals surface area contributed by atoms with Crippen LogP contribution in [0.25, 0.3) is 0 Å². The molecule has 0 aromatic carbocycles. The molecular weight excluding hydrogens is 204 g/mol. The Labute approximate surface area is 95.9 Å². The topological polar surface area (TPSA) is 65.1 Å². The SMILES string of the molecule is CCn1cc(C(NN)C2COC(C)C2)cn1. The summed E-state index contributed by atoms with van der Waals surface area (Å²) in [6.45, 7) is 5.83. The molecule has 2 rings (SSSR count). The van der Waals surface area contributed by atoms with Crippen LogP contribution in [0.4, 0.5) is 0 Å². The molecule has 0 amide bonds. The Morgan fingerprint density at radius 1 is 1.75 bits per heavy atom. The van der Waals surface area contributed by atoms with E-state index in [1.807, 2.05) is 17.1 Å². The van der Waals surface area contributed by atoms with E-state index < -0.39 is 0 Å². The summed E-state index contributed by atoms with van der Waals surface area (Å²) in [4.78, 5) is 0. The van der Waals surface area contributed by atoms with Crippen LogP contribution in [0, 0.1) is 5.92 Å². The highest BCUT2D eigenvalue weighted by Gasteiger charge is 2.30. The lowest BCUT2D eigenvalue weighted by Gasteiger charge is -2.20. The van der Waals surface area contributed by atoms with Gasteiger partial charge in [0, 0.05) is 24.2 Å². The van der Waals surface area contributed by atoms with Crippen molar-refractivity contribution in [1.82, 2.24) is 15.2 Å². The van der Waals surface area contributed by atoms with Gasteiger partial charge in [-0.3, -0.25) is 16.0 Å². The second-order valence-corrected chi connectivity index (χ2v) is 4.41. The highest BCUT2D eigenvalue weighted by atomic mass is 16.5. The molecule has 0 spiro atoms. The third kappa shape index (κ3) is 2.26. The Morgan fingerprint density at radius 2 is 2.56 bits per heavy atom. The molecule has 0 bridgehead atoms. The maximum Gasteiger partial charge on any atom is 0.0551 e. The van der Waals surface area contributed by atoms with Crippen molar-refractivity contribution in [2.75, 3.05) is 6.61 Å². The fourth-order valence-corrected chi connectivity index (χ4v) is 2.30. The van der Waals surface area contributed by atoms with Gasteiger partial charge in [-0.05, 0) is 20.3 Å². The van der Waals surface area contributed by atoms with E-state index in [1.54, 1.807) is 0 Å². The van der Waals surface area contributed by atoms with Gasteiger partial charge in [-0.1, -0.05) is 0 Å². The van der Waals surface area contributed by atoms with Gasteiger partial charge in [0.25, 0.3) is 0 Å². The number of nitrogens with one attached hydrogen (secondary N) is 1. The maximum atomic E-state index is 5.64. The zero-order valence-electron chi connectivity index (χ0n) is 9.89. The summed E-state index contributed by atoms with van der Waals surface area (Å²) in [6.07, 6.45) is 5.32. The number of rotatable bonds is 4. The van der Waals surface area contributed by atoms with Gasteiger partial charge in [0.2, 0.25) is 0 Å². The van der Waals surface area contributed by atoms with Crippen molar-refractivity contribution in [2.24, 2.45) is 11.8 Å². The van der Waals surface area contributed by atoms with Crippen LogP contribution in [-0.2, 0) is 11.3 Å². The maximum absolute atomic E-state index is 5.64. The van der Waals surface area contributed by atoms with E-state index in [2.05, 4.69) is 24.4 Å². The molecule has 2 heterocycles. The highest BCUT2D eigenvalue weighted by molar-refractivity contribution is 5.12. The Bertz CT molecular complexity index is 338. The monoisotopic (exact) mass is 224 g/mol. The first-order valence-electron chi connectivity index (χ1n) is 5.84. The van der Waals surface area contributed by atoms with Crippen molar-refractivity contribution >= 4 is 0 Å². The van der Waals surface area contributed by atoms with Crippen molar-refractivity contribution in [3.05, 3.63) is 18.0 Å². The minimum atomic E-state index is 0.144. The van der Waals surface area contributed by atoms with Gasteiger partial charge in [0.15, 0.2) is 0 Å². The van der Waals surface area contributed by atoms with Gasteiger partial charge in [0.05, 0.1) is 24.9 Å². The number of nitrogens with two attached hydrogens (primary N) is 1. The van der Waals surface area contributed by atoms with Gasteiger partial charge in [0.1, 0.15) is 0 Å². The van der Waals surface area contributed by atoms with Crippen LogP contribution in [0.5, 0.6) is 0 Å². The Balaban J connectivity index is 2.09. The van der Waals surface area contributed by atoms with E-state index in [0.717, 1.165) is 25.1 Å². The molecule has 1 aromatic rings. The standard InChI is InChI=1S/C11H20N4O/c1-3-15-6-10(5-13-15)11(14-12)9-4-8(2)16-7-9/h5-6,8-9,11,14H,3-4,7,12H2,1-2H3. The van der Waals surface area contributed by atoms with E-state index >= 15 is 0 Å². The summed E-state index contributed by atoms with van der Waals surface area (Å²) in [5, 5.41) is 4.27. The molecule has 1 aliphatic rings. The smallest absolute Gasteiger partial charge is 0.0551 e. The van der Waals surface area contributed by atoms with Crippen LogP contribution in [0.3, 0.4) is 0 Å². The van der Waals surface area contributed by atoms with Crippen LogP contribution in [0.15, 0.2) is 12.4 Å². The second-order valence-electron chi connectivity index (χ2n) is 4.41. The molecule has 5 heteroatoms. The Kier molecular flexibility index (Phi) is 3.58.